The van der Waals surface area contributed by atoms with Crippen LogP contribution in [0.1, 0.15) is 25.7 Å². The lowest BCUT2D eigenvalue weighted by Crippen LogP contribution is -2.41. The molecule has 0 aliphatic heterocycles. The second kappa shape index (κ2) is 5.35. The lowest BCUT2D eigenvalue weighted by Gasteiger charge is -2.34. The number of anilines is 1. The maximum absolute atomic E-state index is 10.8. The molecule has 18 heavy (non-hydrogen) atoms. The highest BCUT2D eigenvalue weighted by Crippen LogP contribution is 2.32. The molecule has 0 amide bonds. The number of rotatable bonds is 4. The first-order chi connectivity index (χ1) is 8.59. The highest BCUT2D eigenvalue weighted by Gasteiger charge is 2.35. The maximum atomic E-state index is 10.8. The molecular weight excluding hydrogens is 232 g/mol. The summed E-state index contributed by atoms with van der Waals surface area (Å²) in [7, 11) is 0. The SMILES string of the molecule is O=C(O)C1CCC(O)(CNc2ccccn2)CC1. The van der Waals surface area contributed by atoms with Crippen molar-refractivity contribution in [2.24, 2.45) is 5.92 Å². The summed E-state index contributed by atoms with van der Waals surface area (Å²) in [5, 5.41) is 22.3. The van der Waals surface area contributed by atoms with Crippen molar-refractivity contribution >= 4 is 11.8 Å². The molecule has 1 aromatic heterocycles. The van der Waals surface area contributed by atoms with E-state index >= 15 is 0 Å². The van der Waals surface area contributed by atoms with Gasteiger partial charge in [0, 0.05) is 12.7 Å². The van der Waals surface area contributed by atoms with Crippen LogP contribution in [0.15, 0.2) is 24.4 Å². The molecule has 3 N–H and O–H groups in total. The Morgan fingerprint density at radius 2 is 2.17 bits per heavy atom. The zero-order valence-electron chi connectivity index (χ0n) is 10.2. The largest absolute Gasteiger partial charge is 0.481 e. The van der Waals surface area contributed by atoms with Gasteiger partial charge >= 0.3 is 5.97 Å². The number of hydrogen-bond donors (Lipinski definition) is 3. The minimum Gasteiger partial charge on any atom is -0.481 e. The third-order valence-corrected chi connectivity index (χ3v) is 3.53. The van der Waals surface area contributed by atoms with Crippen LogP contribution in [0.2, 0.25) is 0 Å². The van der Waals surface area contributed by atoms with Crippen molar-refractivity contribution in [3.05, 3.63) is 24.4 Å². The monoisotopic (exact) mass is 250 g/mol. The Morgan fingerprint density at radius 1 is 1.44 bits per heavy atom. The number of aliphatic carboxylic acids is 1. The number of hydrogen-bond acceptors (Lipinski definition) is 4. The van der Waals surface area contributed by atoms with Crippen molar-refractivity contribution in [2.45, 2.75) is 31.3 Å². The van der Waals surface area contributed by atoms with E-state index in [1.54, 1.807) is 6.20 Å². The summed E-state index contributed by atoms with van der Waals surface area (Å²) in [4.78, 5) is 15.0. The van der Waals surface area contributed by atoms with E-state index < -0.39 is 11.6 Å². The van der Waals surface area contributed by atoms with Gasteiger partial charge in [0.05, 0.1) is 11.5 Å². The van der Waals surface area contributed by atoms with Gasteiger partial charge in [-0.05, 0) is 37.8 Å². The van der Waals surface area contributed by atoms with Crippen molar-refractivity contribution in [2.75, 3.05) is 11.9 Å². The fourth-order valence-electron chi connectivity index (χ4n) is 2.30. The molecule has 2 rings (SSSR count). The van der Waals surface area contributed by atoms with Crippen LogP contribution in [0, 0.1) is 5.92 Å². The Kier molecular flexibility index (Phi) is 3.81. The first kappa shape index (κ1) is 12.8. The Morgan fingerprint density at radius 3 is 2.72 bits per heavy atom. The zero-order valence-corrected chi connectivity index (χ0v) is 10.2. The number of carbonyl (C=O) groups is 1. The molecule has 1 heterocycles. The summed E-state index contributed by atoms with van der Waals surface area (Å²) in [5.74, 6) is -0.332. The molecular formula is C13H18N2O3. The summed E-state index contributed by atoms with van der Waals surface area (Å²) >= 11 is 0. The Bertz CT molecular complexity index is 400. The maximum Gasteiger partial charge on any atom is 0.306 e. The second-order valence-corrected chi connectivity index (χ2v) is 4.91. The van der Waals surface area contributed by atoms with E-state index in [2.05, 4.69) is 10.3 Å². The van der Waals surface area contributed by atoms with Crippen LogP contribution >= 0.6 is 0 Å². The quantitative estimate of drug-likeness (QED) is 0.754. The standard InChI is InChI=1S/C13H18N2O3/c16-12(17)10-4-6-13(18,7-5-10)9-15-11-3-1-2-8-14-11/h1-3,8,10,18H,4-7,9H2,(H,14,15)(H,16,17). The molecule has 0 saturated heterocycles. The number of aromatic nitrogens is 1. The Hall–Kier alpha value is -1.62. The summed E-state index contributed by atoms with van der Waals surface area (Å²) in [5.41, 5.74) is -0.816. The minimum absolute atomic E-state index is 0.305. The van der Waals surface area contributed by atoms with Gasteiger partial charge in [-0.2, -0.15) is 0 Å². The fourth-order valence-corrected chi connectivity index (χ4v) is 2.30. The minimum atomic E-state index is -0.816. The summed E-state index contributed by atoms with van der Waals surface area (Å²) in [6.45, 7) is 0.413. The molecule has 0 bridgehead atoms. The molecule has 5 heteroatoms. The second-order valence-electron chi connectivity index (χ2n) is 4.91. The first-order valence-electron chi connectivity index (χ1n) is 6.19. The van der Waals surface area contributed by atoms with E-state index in [0.29, 0.717) is 32.2 Å². The van der Waals surface area contributed by atoms with Crippen LogP contribution < -0.4 is 5.32 Å². The van der Waals surface area contributed by atoms with Gasteiger partial charge in [-0.25, -0.2) is 4.98 Å². The number of nitrogens with zero attached hydrogens (tertiary/aromatic N) is 1. The molecule has 5 nitrogen and oxygen atoms in total. The average Bonchev–Trinajstić information content (AvgIpc) is 2.38. The Balaban J connectivity index is 1.85. The summed E-state index contributed by atoms with van der Waals surface area (Å²) in [6.07, 6.45) is 3.80. The molecule has 0 radical (unpaired) electrons. The van der Waals surface area contributed by atoms with E-state index in [-0.39, 0.29) is 5.92 Å². The third-order valence-electron chi connectivity index (χ3n) is 3.53. The zero-order chi connectivity index (χ0) is 13.0. The predicted octanol–water partition coefficient (Wildman–Crippen LogP) is 1.50. The molecule has 1 fully saturated rings. The van der Waals surface area contributed by atoms with Gasteiger partial charge in [0.15, 0.2) is 0 Å². The molecule has 0 unspecified atom stereocenters. The molecule has 0 spiro atoms. The molecule has 1 aliphatic carbocycles. The van der Waals surface area contributed by atoms with Crippen molar-refractivity contribution in [3.63, 3.8) is 0 Å². The van der Waals surface area contributed by atoms with Gasteiger partial charge in [-0.15, -0.1) is 0 Å². The van der Waals surface area contributed by atoms with Crippen molar-refractivity contribution < 1.29 is 15.0 Å². The van der Waals surface area contributed by atoms with Crippen molar-refractivity contribution in [1.82, 2.24) is 4.98 Å². The van der Waals surface area contributed by atoms with Crippen LogP contribution in [0.3, 0.4) is 0 Å². The van der Waals surface area contributed by atoms with Crippen LogP contribution in [0.5, 0.6) is 0 Å². The third kappa shape index (κ3) is 3.20. The van der Waals surface area contributed by atoms with Crippen LogP contribution in [0.4, 0.5) is 5.82 Å². The smallest absolute Gasteiger partial charge is 0.306 e. The van der Waals surface area contributed by atoms with E-state index in [1.165, 1.54) is 0 Å². The van der Waals surface area contributed by atoms with Crippen molar-refractivity contribution in [1.29, 1.82) is 0 Å². The van der Waals surface area contributed by atoms with Gasteiger partial charge in [-0.3, -0.25) is 4.79 Å². The topological polar surface area (TPSA) is 82.5 Å². The number of carboxylic acids is 1. The highest BCUT2D eigenvalue weighted by molar-refractivity contribution is 5.70. The number of nitrogens with one attached hydrogen (secondary N) is 1. The van der Waals surface area contributed by atoms with Crippen LogP contribution in [-0.2, 0) is 4.79 Å². The molecule has 1 aromatic rings. The lowest BCUT2D eigenvalue weighted by atomic mass is 9.79. The molecule has 1 saturated carbocycles. The summed E-state index contributed by atoms with van der Waals surface area (Å²) < 4.78 is 0. The average molecular weight is 250 g/mol. The van der Waals surface area contributed by atoms with Gasteiger partial charge in [-0.1, -0.05) is 6.07 Å². The molecule has 1 aliphatic rings. The summed E-state index contributed by atoms with van der Waals surface area (Å²) in [6, 6.07) is 5.55. The van der Waals surface area contributed by atoms with Gasteiger partial charge in [0.2, 0.25) is 0 Å². The van der Waals surface area contributed by atoms with Crippen molar-refractivity contribution in [3.8, 4) is 0 Å². The Labute approximate surface area is 106 Å². The highest BCUT2D eigenvalue weighted by atomic mass is 16.4. The van der Waals surface area contributed by atoms with Gasteiger partial charge in [0.1, 0.15) is 5.82 Å². The van der Waals surface area contributed by atoms with Crippen LogP contribution in [-0.4, -0.2) is 33.3 Å². The van der Waals surface area contributed by atoms with Crippen LogP contribution in [0.25, 0.3) is 0 Å². The predicted molar refractivity (Wildman–Crippen MR) is 67.3 cm³/mol. The number of carboxylic acid groups (broad SMARTS) is 1. The number of pyridine rings is 1. The van der Waals surface area contributed by atoms with E-state index in [1.807, 2.05) is 18.2 Å². The molecule has 98 valence electrons. The molecule has 0 atom stereocenters. The van der Waals surface area contributed by atoms with E-state index in [9.17, 15) is 9.90 Å². The van der Waals surface area contributed by atoms with Gasteiger partial charge in [0.25, 0.3) is 0 Å². The normalized spacial score (nSPS) is 27.7. The first-order valence-corrected chi connectivity index (χ1v) is 6.19. The molecule has 0 aromatic carbocycles. The van der Waals surface area contributed by atoms with E-state index in [0.717, 1.165) is 5.82 Å². The van der Waals surface area contributed by atoms with Gasteiger partial charge < -0.3 is 15.5 Å². The fraction of sp³-hybridized carbons (Fsp3) is 0.538. The van der Waals surface area contributed by atoms with E-state index in [4.69, 9.17) is 5.11 Å². The number of aliphatic hydroxyl groups is 1. The lowest BCUT2D eigenvalue weighted by molar-refractivity contribution is -0.144.